The summed E-state index contributed by atoms with van der Waals surface area (Å²) in [5.41, 5.74) is 2.04. The molecule has 0 amide bonds. The van der Waals surface area contributed by atoms with Gasteiger partial charge in [0.15, 0.2) is 0 Å². The van der Waals surface area contributed by atoms with Crippen LogP contribution in [0.15, 0.2) is 34.1 Å². The molecule has 3 rings (SSSR count). The predicted molar refractivity (Wildman–Crippen MR) is 78.2 cm³/mol. The van der Waals surface area contributed by atoms with Crippen molar-refractivity contribution in [2.45, 2.75) is 12.8 Å². The molecule has 98 valence electrons. The summed E-state index contributed by atoms with van der Waals surface area (Å²) in [6.07, 6.45) is 1.57. The van der Waals surface area contributed by atoms with Gasteiger partial charge in [0.1, 0.15) is 0 Å². The number of halogens is 1. The highest BCUT2D eigenvalue weighted by Crippen LogP contribution is 2.42. The number of carboxylic acids is 1. The maximum absolute atomic E-state index is 10.8. The lowest BCUT2D eigenvalue weighted by Gasteiger charge is -1.99. The molecule has 1 aliphatic rings. The third-order valence-corrected chi connectivity index (χ3v) is 4.94. The van der Waals surface area contributed by atoms with E-state index in [-0.39, 0.29) is 11.8 Å². The van der Waals surface area contributed by atoms with E-state index in [1.54, 1.807) is 11.3 Å². The van der Waals surface area contributed by atoms with Crippen LogP contribution >= 0.6 is 27.3 Å². The largest absolute Gasteiger partial charge is 0.481 e. The molecule has 0 spiro atoms. The molecule has 2 atom stereocenters. The quantitative estimate of drug-likeness (QED) is 0.922. The second kappa shape index (κ2) is 5.06. The Morgan fingerprint density at radius 3 is 2.95 bits per heavy atom. The van der Waals surface area contributed by atoms with Gasteiger partial charge in [0.25, 0.3) is 0 Å². The van der Waals surface area contributed by atoms with E-state index in [0.29, 0.717) is 0 Å². The Morgan fingerprint density at radius 2 is 2.26 bits per heavy atom. The number of benzene rings is 1. The van der Waals surface area contributed by atoms with E-state index >= 15 is 0 Å². The van der Waals surface area contributed by atoms with Gasteiger partial charge in [-0.05, 0) is 18.4 Å². The zero-order valence-corrected chi connectivity index (χ0v) is 12.4. The Kier molecular flexibility index (Phi) is 3.41. The SMILES string of the molecule is O=C(O)C1CC1Cc1nc(-c2ccccc2Br)cs1. The molecule has 0 saturated heterocycles. The number of thiazole rings is 1. The first-order valence-corrected chi connectivity index (χ1v) is 7.74. The Labute approximate surface area is 123 Å². The molecular weight excluding hydrogens is 326 g/mol. The van der Waals surface area contributed by atoms with Gasteiger partial charge in [-0.15, -0.1) is 11.3 Å². The average Bonchev–Trinajstić information content (AvgIpc) is 2.99. The van der Waals surface area contributed by atoms with Crippen molar-refractivity contribution in [1.82, 2.24) is 4.98 Å². The number of carboxylic acid groups (broad SMARTS) is 1. The first-order valence-electron chi connectivity index (χ1n) is 6.07. The van der Waals surface area contributed by atoms with Crippen molar-refractivity contribution in [2.24, 2.45) is 11.8 Å². The van der Waals surface area contributed by atoms with E-state index in [9.17, 15) is 4.79 Å². The fourth-order valence-electron chi connectivity index (χ4n) is 2.20. The number of nitrogens with zero attached hydrogens (tertiary/aromatic N) is 1. The van der Waals surface area contributed by atoms with E-state index < -0.39 is 5.97 Å². The van der Waals surface area contributed by atoms with Crippen LogP contribution in [-0.4, -0.2) is 16.1 Å². The smallest absolute Gasteiger partial charge is 0.306 e. The van der Waals surface area contributed by atoms with Gasteiger partial charge in [-0.25, -0.2) is 4.98 Å². The van der Waals surface area contributed by atoms with Crippen molar-refractivity contribution < 1.29 is 9.90 Å². The number of rotatable bonds is 4. The average molecular weight is 338 g/mol. The topological polar surface area (TPSA) is 50.2 Å². The van der Waals surface area contributed by atoms with Crippen LogP contribution < -0.4 is 0 Å². The summed E-state index contributed by atoms with van der Waals surface area (Å²) in [5.74, 6) is -0.556. The highest BCUT2D eigenvalue weighted by atomic mass is 79.9. The van der Waals surface area contributed by atoms with Crippen LogP contribution in [-0.2, 0) is 11.2 Å². The molecule has 1 aromatic heterocycles. The minimum atomic E-state index is -0.674. The molecule has 2 unspecified atom stereocenters. The number of carbonyl (C=O) groups is 1. The molecular formula is C14H12BrNO2S. The fraction of sp³-hybridized carbons (Fsp3) is 0.286. The third-order valence-electron chi connectivity index (χ3n) is 3.38. The summed E-state index contributed by atoms with van der Waals surface area (Å²) in [6.45, 7) is 0. The van der Waals surface area contributed by atoms with Crippen LogP contribution in [0.3, 0.4) is 0 Å². The van der Waals surface area contributed by atoms with Gasteiger partial charge in [0, 0.05) is 21.8 Å². The number of hydrogen-bond acceptors (Lipinski definition) is 3. The maximum atomic E-state index is 10.8. The Bertz CT molecular complexity index is 625. The van der Waals surface area contributed by atoms with Gasteiger partial charge in [-0.2, -0.15) is 0 Å². The fourth-order valence-corrected chi connectivity index (χ4v) is 3.57. The van der Waals surface area contributed by atoms with Crippen LogP contribution in [0.25, 0.3) is 11.3 Å². The molecule has 3 nitrogen and oxygen atoms in total. The normalized spacial score (nSPS) is 21.3. The van der Waals surface area contributed by atoms with Gasteiger partial charge >= 0.3 is 5.97 Å². The molecule has 1 heterocycles. The second-order valence-electron chi connectivity index (χ2n) is 4.75. The Morgan fingerprint density at radius 1 is 1.47 bits per heavy atom. The monoisotopic (exact) mass is 337 g/mol. The van der Waals surface area contributed by atoms with Crippen molar-refractivity contribution in [2.75, 3.05) is 0 Å². The highest BCUT2D eigenvalue weighted by molar-refractivity contribution is 9.10. The molecule has 0 radical (unpaired) electrons. The van der Waals surface area contributed by atoms with E-state index in [2.05, 4.69) is 20.9 Å². The summed E-state index contributed by atoms with van der Waals surface area (Å²) in [4.78, 5) is 15.4. The summed E-state index contributed by atoms with van der Waals surface area (Å²) < 4.78 is 1.03. The molecule has 1 fully saturated rings. The van der Waals surface area contributed by atoms with E-state index in [0.717, 1.165) is 33.6 Å². The van der Waals surface area contributed by atoms with Gasteiger partial charge < -0.3 is 5.11 Å². The van der Waals surface area contributed by atoms with Crippen LogP contribution in [0.1, 0.15) is 11.4 Å². The van der Waals surface area contributed by atoms with Gasteiger partial charge in [-0.1, -0.05) is 34.1 Å². The molecule has 1 N–H and O–H groups in total. The first kappa shape index (κ1) is 12.8. The predicted octanol–water partition coefficient (Wildman–Crippen LogP) is 3.84. The number of aromatic nitrogens is 1. The van der Waals surface area contributed by atoms with E-state index in [1.165, 1.54) is 0 Å². The van der Waals surface area contributed by atoms with Crippen LogP contribution in [0.5, 0.6) is 0 Å². The molecule has 0 aliphatic heterocycles. The summed E-state index contributed by atoms with van der Waals surface area (Å²) in [7, 11) is 0. The zero-order valence-electron chi connectivity index (χ0n) is 10.0. The lowest BCUT2D eigenvalue weighted by molar-refractivity contribution is -0.138. The van der Waals surface area contributed by atoms with Gasteiger partial charge in [-0.3, -0.25) is 4.79 Å². The lowest BCUT2D eigenvalue weighted by atomic mass is 10.2. The molecule has 1 aromatic carbocycles. The minimum Gasteiger partial charge on any atom is -0.481 e. The van der Waals surface area contributed by atoms with Crippen molar-refractivity contribution in [3.05, 3.63) is 39.1 Å². The summed E-state index contributed by atoms with van der Waals surface area (Å²) >= 11 is 5.13. The summed E-state index contributed by atoms with van der Waals surface area (Å²) in [6, 6.07) is 7.98. The van der Waals surface area contributed by atoms with Gasteiger partial charge in [0.2, 0.25) is 0 Å². The molecule has 19 heavy (non-hydrogen) atoms. The standard InChI is InChI=1S/C14H12BrNO2S/c15-11-4-2-1-3-9(11)12-7-19-13(16-12)6-8-5-10(8)14(17)18/h1-4,7-8,10H,5-6H2,(H,17,18). The minimum absolute atomic E-state index is 0.157. The van der Waals surface area contributed by atoms with Crippen LogP contribution in [0, 0.1) is 11.8 Å². The first-order chi connectivity index (χ1) is 9.15. The van der Waals surface area contributed by atoms with E-state index in [1.807, 2.05) is 29.6 Å². The van der Waals surface area contributed by atoms with Crippen molar-refractivity contribution in [3.8, 4) is 11.3 Å². The second-order valence-corrected chi connectivity index (χ2v) is 6.55. The highest BCUT2D eigenvalue weighted by Gasteiger charge is 2.43. The van der Waals surface area contributed by atoms with E-state index in [4.69, 9.17) is 5.11 Å². The molecule has 5 heteroatoms. The summed E-state index contributed by atoms with van der Waals surface area (Å²) in [5, 5.41) is 12.0. The Balaban J connectivity index is 1.74. The van der Waals surface area contributed by atoms with Gasteiger partial charge in [0.05, 0.1) is 16.6 Å². The molecule has 0 bridgehead atoms. The molecule has 1 saturated carbocycles. The maximum Gasteiger partial charge on any atom is 0.306 e. The van der Waals surface area contributed by atoms with Crippen LogP contribution in [0.4, 0.5) is 0 Å². The number of hydrogen-bond donors (Lipinski definition) is 1. The lowest BCUT2D eigenvalue weighted by Crippen LogP contribution is -2.00. The van der Waals surface area contributed by atoms with Crippen molar-refractivity contribution >= 4 is 33.2 Å². The number of aliphatic carboxylic acids is 1. The van der Waals surface area contributed by atoms with Crippen molar-refractivity contribution in [1.29, 1.82) is 0 Å². The third kappa shape index (κ3) is 2.72. The molecule has 2 aromatic rings. The van der Waals surface area contributed by atoms with Crippen LogP contribution in [0.2, 0.25) is 0 Å². The van der Waals surface area contributed by atoms with Crippen molar-refractivity contribution in [3.63, 3.8) is 0 Å². The zero-order chi connectivity index (χ0) is 13.4. The molecule has 1 aliphatic carbocycles. The Hall–Kier alpha value is -1.20.